The lowest BCUT2D eigenvalue weighted by Crippen LogP contribution is -2.49. The quantitative estimate of drug-likeness (QED) is 0.811. The van der Waals surface area contributed by atoms with Crippen LogP contribution in [0.4, 0.5) is 0 Å². The van der Waals surface area contributed by atoms with Crippen LogP contribution in [0.15, 0.2) is 30.3 Å². The largest absolute Gasteiger partial charge is 0.375 e. The van der Waals surface area contributed by atoms with Crippen molar-refractivity contribution < 1.29 is 4.74 Å². The normalized spacial score (nSPS) is 17.5. The second-order valence-corrected chi connectivity index (χ2v) is 4.84. The van der Waals surface area contributed by atoms with Gasteiger partial charge in [-0.05, 0) is 5.56 Å². The zero-order chi connectivity index (χ0) is 10.7. The highest BCUT2D eigenvalue weighted by Gasteiger charge is 2.24. The van der Waals surface area contributed by atoms with E-state index in [0.717, 1.165) is 19.7 Å². The van der Waals surface area contributed by atoms with Crippen molar-refractivity contribution in [1.82, 2.24) is 5.32 Å². The number of benzene rings is 1. The highest BCUT2D eigenvalue weighted by Crippen LogP contribution is 2.23. The zero-order valence-electron chi connectivity index (χ0n) is 9.49. The number of nitrogens with one attached hydrogen (secondary N) is 1. The van der Waals surface area contributed by atoms with Crippen molar-refractivity contribution in [3.8, 4) is 0 Å². The molecular formula is C13H19NO. The number of hydrogen-bond acceptors (Lipinski definition) is 2. The Bertz CT molecular complexity index is 304. The number of ether oxygens (including phenoxy) is 1. The Morgan fingerprint density at radius 1 is 1.27 bits per heavy atom. The van der Waals surface area contributed by atoms with E-state index < -0.39 is 0 Å². The van der Waals surface area contributed by atoms with E-state index in [1.807, 2.05) is 0 Å². The maximum absolute atomic E-state index is 5.83. The molecule has 1 fully saturated rings. The summed E-state index contributed by atoms with van der Waals surface area (Å²) in [5, 5.41) is 3.21. The van der Waals surface area contributed by atoms with Crippen LogP contribution in [-0.4, -0.2) is 25.8 Å². The Labute approximate surface area is 91.6 Å². The van der Waals surface area contributed by atoms with Gasteiger partial charge in [0.25, 0.3) is 0 Å². The first-order valence-electron chi connectivity index (χ1n) is 5.56. The summed E-state index contributed by atoms with van der Waals surface area (Å²) in [7, 11) is 0. The summed E-state index contributed by atoms with van der Waals surface area (Å²) in [5.41, 5.74) is 1.45. The molecule has 15 heavy (non-hydrogen) atoms. The molecule has 1 aromatic rings. The molecule has 0 unspecified atom stereocenters. The van der Waals surface area contributed by atoms with Gasteiger partial charge in [0.2, 0.25) is 0 Å². The van der Waals surface area contributed by atoms with E-state index in [4.69, 9.17) is 4.74 Å². The molecule has 0 amide bonds. The molecule has 0 radical (unpaired) electrons. The molecule has 82 valence electrons. The molecule has 0 aromatic heterocycles. The van der Waals surface area contributed by atoms with E-state index in [-0.39, 0.29) is 5.41 Å². The van der Waals surface area contributed by atoms with Crippen LogP contribution >= 0.6 is 0 Å². The first-order valence-corrected chi connectivity index (χ1v) is 5.56. The Balaban J connectivity index is 1.93. The van der Waals surface area contributed by atoms with Crippen LogP contribution in [0, 0.1) is 0 Å². The fraction of sp³-hybridized carbons (Fsp3) is 0.538. The average molecular weight is 205 g/mol. The molecular weight excluding hydrogens is 186 g/mol. The second-order valence-electron chi connectivity index (χ2n) is 4.84. The Kier molecular flexibility index (Phi) is 3.08. The van der Waals surface area contributed by atoms with Crippen LogP contribution in [-0.2, 0) is 10.2 Å². The minimum absolute atomic E-state index is 0.108. The molecule has 2 rings (SSSR count). The fourth-order valence-corrected chi connectivity index (χ4v) is 1.68. The van der Waals surface area contributed by atoms with Crippen molar-refractivity contribution in [3.63, 3.8) is 0 Å². The highest BCUT2D eigenvalue weighted by atomic mass is 16.5. The van der Waals surface area contributed by atoms with Gasteiger partial charge < -0.3 is 10.1 Å². The van der Waals surface area contributed by atoms with Crippen LogP contribution < -0.4 is 5.32 Å². The molecule has 0 saturated carbocycles. The summed E-state index contributed by atoms with van der Waals surface area (Å²) >= 11 is 0. The smallest absolute Gasteiger partial charge is 0.0823 e. The maximum atomic E-state index is 5.83. The van der Waals surface area contributed by atoms with Crippen molar-refractivity contribution >= 4 is 0 Å². The number of rotatable bonds is 4. The fourth-order valence-electron chi connectivity index (χ4n) is 1.68. The predicted octanol–water partition coefficient (Wildman–Crippen LogP) is 1.95. The van der Waals surface area contributed by atoms with Gasteiger partial charge in [0.1, 0.15) is 0 Å². The third kappa shape index (κ3) is 2.58. The van der Waals surface area contributed by atoms with E-state index >= 15 is 0 Å². The van der Waals surface area contributed by atoms with Gasteiger partial charge in [-0.25, -0.2) is 0 Å². The van der Waals surface area contributed by atoms with Crippen LogP contribution in [0.2, 0.25) is 0 Å². The van der Waals surface area contributed by atoms with Crippen LogP contribution in [0.25, 0.3) is 0 Å². The molecule has 0 bridgehead atoms. The highest BCUT2D eigenvalue weighted by molar-refractivity contribution is 5.23. The maximum Gasteiger partial charge on any atom is 0.0823 e. The van der Waals surface area contributed by atoms with E-state index in [2.05, 4.69) is 49.5 Å². The molecule has 1 N–H and O–H groups in total. The molecule has 2 nitrogen and oxygen atoms in total. The predicted molar refractivity (Wildman–Crippen MR) is 62.1 cm³/mol. The van der Waals surface area contributed by atoms with Gasteiger partial charge in [0.15, 0.2) is 0 Å². The van der Waals surface area contributed by atoms with Crippen molar-refractivity contribution in [2.24, 2.45) is 0 Å². The molecule has 2 heteroatoms. The van der Waals surface area contributed by atoms with Gasteiger partial charge in [-0.2, -0.15) is 0 Å². The van der Waals surface area contributed by atoms with Crippen LogP contribution in [0.5, 0.6) is 0 Å². The van der Waals surface area contributed by atoms with Crippen molar-refractivity contribution in [3.05, 3.63) is 35.9 Å². The van der Waals surface area contributed by atoms with Gasteiger partial charge in [-0.15, -0.1) is 0 Å². The molecule has 1 aliphatic heterocycles. The Morgan fingerprint density at radius 2 is 1.93 bits per heavy atom. The van der Waals surface area contributed by atoms with Crippen molar-refractivity contribution in [1.29, 1.82) is 0 Å². The third-order valence-corrected chi connectivity index (χ3v) is 2.98. The van der Waals surface area contributed by atoms with Crippen molar-refractivity contribution in [2.45, 2.75) is 25.4 Å². The number of hydrogen-bond donors (Lipinski definition) is 1. The molecule has 0 aliphatic carbocycles. The molecule has 0 atom stereocenters. The van der Waals surface area contributed by atoms with Gasteiger partial charge in [0.05, 0.1) is 12.7 Å². The summed E-state index contributed by atoms with van der Waals surface area (Å²) in [5.74, 6) is 0. The average Bonchev–Trinajstić information content (AvgIpc) is 2.16. The van der Waals surface area contributed by atoms with E-state index in [1.165, 1.54) is 5.56 Å². The van der Waals surface area contributed by atoms with E-state index in [0.29, 0.717) is 6.10 Å². The lowest BCUT2D eigenvalue weighted by molar-refractivity contribution is -0.00351. The minimum Gasteiger partial charge on any atom is -0.375 e. The second kappa shape index (κ2) is 4.33. The Morgan fingerprint density at radius 3 is 2.47 bits per heavy atom. The summed E-state index contributed by atoms with van der Waals surface area (Å²) in [6, 6.07) is 10.6. The molecule has 1 aromatic carbocycles. The van der Waals surface area contributed by atoms with E-state index in [1.54, 1.807) is 0 Å². The van der Waals surface area contributed by atoms with Crippen LogP contribution in [0.3, 0.4) is 0 Å². The zero-order valence-corrected chi connectivity index (χ0v) is 9.49. The standard InChI is InChI=1S/C13H19NO/c1-13(2,10-15-12-8-14-9-12)11-6-4-3-5-7-11/h3-7,12,14H,8-10H2,1-2H3. The first-order chi connectivity index (χ1) is 7.18. The minimum atomic E-state index is 0.108. The van der Waals surface area contributed by atoms with Gasteiger partial charge in [0, 0.05) is 18.5 Å². The molecule has 0 spiro atoms. The van der Waals surface area contributed by atoms with Gasteiger partial charge >= 0.3 is 0 Å². The van der Waals surface area contributed by atoms with Crippen molar-refractivity contribution in [2.75, 3.05) is 19.7 Å². The van der Waals surface area contributed by atoms with Gasteiger partial charge in [-0.3, -0.25) is 0 Å². The lowest BCUT2D eigenvalue weighted by atomic mass is 9.85. The SMILES string of the molecule is CC(C)(COC1CNC1)c1ccccc1. The van der Waals surface area contributed by atoms with Gasteiger partial charge in [-0.1, -0.05) is 44.2 Å². The van der Waals surface area contributed by atoms with E-state index in [9.17, 15) is 0 Å². The summed E-state index contributed by atoms with van der Waals surface area (Å²) in [4.78, 5) is 0. The Hall–Kier alpha value is -0.860. The summed E-state index contributed by atoms with van der Waals surface area (Å²) in [6.07, 6.45) is 0.424. The summed E-state index contributed by atoms with van der Waals surface area (Å²) < 4.78 is 5.83. The topological polar surface area (TPSA) is 21.3 Å². The summed E-state index contributed by atoms with van der Waals surface area (Å²) in [6.45, 7) is 7.27. The molecule has 1 saturated heterocycles. The monoisotopic (exact) mass is 205 g/mol. The van der Waals surface area contributed by atoms with Crippen LogP contribution in [0.1, 0.15) is 19.4 Å². The molecule has 1 aliphatic rings. The molecule has 1 heterocycles. The third-order valence-electron chi connectivity index (χ3n) is 2.98. The lowest BCUT2D eigenvalue weighted by Gasteiger charge is -2.32. The first kappa shape index (κ1) is 10.7.